The Morgan fingerprint density at radius 3 is 2.61 bits per heavy atom. The van der Waals surface area contributed by atoms with Gasteiger partial charge in [-0.1, -0.05) is 30.9 Å². The van der Waals surface area contributed by atoms with Crippen molar-refractivity contribution in [1.29, 1.82) is 0 Å². The molecule has 1 aromatic heterocycles. The first-order valence-electron chi connectivity index (χ1n) is 7.01. The molecule has 18 heavy (non-hydrogen) atoms. The minimum Gasteiger partial charge on any atom is -0.308 e. The van der Waals surface area contributed by atoms with E-state index in [0.717, 1.165) is 28.9 Å². The standard InChI is InChI=1S/C14H24ClN3/c1-10(12-7-5-4-6-8-12)16-9-13-14(15)11(2)17-18(13)3/h10,12,16H,4-9H2,1-3H3/t10-/m0/s1. The molecule has 1 atom stereocenters. The highest BCUT2D eigenvalue weighted by Gasteiger charge is 2.20. The highest BCUT2D eigenvalue weighted by Crippen LogP contribution is 2.27. The van der Waals surface area contributed by atoms with Gasteiger partial charge in [-0.05, 0) is 32.6 Å². The third-order valence-corrected chi connectivity index (χ3v) is 4.70. The minimum atomic E-state index is 0.566. The maximum absolute atomic E-state index is 6.26. The van der Waals surface area contributed by atoms with Crippen molar-refractivity contribution in [2.24, 2.45) is 13.0 Å². The predicted molar refractivity (Wildman–Crippen MR) is 75.8 cm³/mol. The van der Waals surface area contributed by atoms with E-state index >= 15 is 0 Å². The van der Waals surface area contributed by atoms with E-state index in [4.69, 9.17) is 11.6 Å². The quantitative estimate of drug-likeness (QED) is 0.907. The van der Waals surface area contributed by atoms with Crippen LogP contribution in [-0.4, -0.2) is 15.8 Å². The zero-order valence-electron chi connectivity index (χ0n) is 11.7. The van der Waals surface area contributed by atoms with Crippen LogP contribution in [-0.2, 0) is 13.6 Å². The van der Waals surface area contributed by atoms with Crippen LogP contribution < -0.4 is 5.32 Å². The van der Waals surface area contributed by atoms with Crippen LogP contribution in [0, 0.1) is 12.8 Å². The normalized spacial score (nSPS) is 19.1. The van der Waals surface area contributed by atoms with Crippen molar-refractivity contribution >= 4 is 11.6 Å². The summed E-state index contributed by atoms with van der Waals surface area (Å²) in [6.07, 6.45) is 6.93. The number of rotatable bonds is 4. The van der Waals surface area contributed by atoms with E-state index in [-0.39, 0.29) is 0 Å². The highest BCUT2D eigenvalue weighted by atomic mass is 35.5. The fourth-order valence-electron chi connectivity index (χ4n) is 2.93. The van der Waals surface area contributed by atoms with Crippen molar-refractivity contribution in [3.05, 3.63) is 16.4 Å². The summed E-state index contributed by atoms with van der Waals surface area (Å²) in [4.78, 5) is 0. The van der Waals surface area contributed by atoms with Crippen molar-refractivity contribution in [3.63, 3.8) is 0 Å². The first kappa shape index (κ1) is 13.9. The average Bonchev–Trinajstić information content (AvgIpc) is 2.62. The van der Waals surface area contributed by atoms with Crippen molar-refractivity contribution in [2.75, 3.05) is 0 Å². The topological polar surface area (TPSA) is 29.9 Å². The van der Waals surface area contributed by atoms with Crippen LogP contribution in [0.4, 0.5) is 0 Å². The number of hydrogen-bond acceptors (Lipinski definition) is 2. The van der Waals surface area contributed by atoms with Gasteiger partial charge in [-0.25, -0.2) is 0 Å². The Kier molecular flexibility index (Phi) is 4.68. The number of nitrogens with zero attached hydrogens (tertiary/aromatic N) is 2. The second kappa shape index (κ2) is 6.07. The van der Waals surface area contributed by atoms with E-state index in [1.165, 1.54) is 32.1 Å². The van der Waals surface area contributed by atoms with Crippen molar-refractivity contribution in [2.45, 2.75) is 58.5 Å². The molecule has 2 rings (SSSR count). The molecule has 0 amide bonds. The van der Waals surface area contributed by atoms with E-state index in [1.807, 2.05) is 18.7 Å². The van der Waals surface area contributed by atoms with E-state index in [2.05, 4.69) is 17.3 Å². The molecule has 3 nitrogen and oxygen atoms in total. The molecule has 4 heteroatoms. The molecule has 1 heterocycles. The molecule has 1 aliphatic carbocycles. The second-order valence-corrected chi connectivity index (χ2v) is 5.92. The minimum absolute atomic E-state index is 0.566. The van der Waals surface area contributed by atoms with E-state index in [9.17, 15) is 0 Å². The lowest BCUT2D eigenvalue weighted by molar-refractivity contribution is 0.279. The monoisotopic (exact) mass is 269 g/mol. The van der Waals surface area contributed by atoms with Crippen LogP contribution in [0.25, 0.3) is 0 Å². The molecule has 102 valence electrons. The highest BCUT2D eigenvalue weighted by molar-refractivity contribution is 6.31. The van der Waals surface area contributed by atoms with E-state index < -0.39 is 0 Å². The summed E-state index contributed by atoms with van der Waals surface area (Å²) in [5.41, 5.74) is 2.01. The Morgan fingerprint density at radius 2 is 2.06 bits per heavy atom. The van der Waals surface area contributed by atoms with Gasteiger partial charge in [0.05, 0.1) is 16.4 Å². The van der Waals surface area contributed by atoms with Crippen LogP contribution in [0.15, 0.2) is 0 Å². The molecule has 1 fully saturated rings. The average molecular weight is 270 g/mol. The number of aryl methyl sites for hydroxylation is 2. The van der Waals surface area contributed by atoms with Gasteiger partial charge in [0.25, 0.3) is 0 Å². The summed E-state index contributed by atoms with van der Waals surface area (Å²) in [5, 5.41) is 8.77. The maximum Gasteiger partial charge on any atom is 0.0860 e. The summed E-state index contributed by atoms with van der Waals surface area (Å²) in [5.74, 6) is 0.826. The van der Waals surface area contributed by atoms with Gasteiger partial charge in [0.15, 0.2) is 0 Å². The molecule has 0 unspecified atom stereocenters. The summed E-state index contributed by atoms with van der Waals surface area (Å²) in [6.45, 7) is 5.07. The molecule has 0 aromatic carbocycles. The van der Waals surface area contributed by atoms with Gasteiger partial charge in [-0.15, -0.1) is 0 Å². The fraction of sp³-hybridized carbons (Fsp3) is 0.786. The maximum atomic E-state index is 6.26. The van der Waals surface area contributed by atoms with Crippen LogP contribution in [0.2, 0.25) is 5.02 Å². The van der Waals surface area contributed by atoms with Gasteiger partial charge in [0.1, 0.15) is 0 Å². The second-order valence-electron chi connectivity index (χ2n) is 5.54. The third kappa shape index (κ3) is 3.07. The van der Waals surface area contributed by atoms with Crippen LogP contribution in [0.3, 0.4) is 0 Å². The van der Waals surface area contributed by atoms with Crippen LogP contribution >= 0.6 is 11.6 Å². The summed E-state index contributed by atoms with van der Waals surface area (Å²) in [6, 6.07) is 0.566. The molecule has 1 saturated carbocycles. The van der Waals surface area contributed by atoms with Gasteiger partial charge in [-0.2, -0.15) is 5.10 Å². The molecule has 1 aromatic rings. The smallest absolute Gasteiger partial charge is 0.0860 e. The fourth-order valence-corrected chi connectivity index (χ4v) is 3.16. The van der Waals surface area contributed by atoms with Crippen LogP contribution in [0.5, 0.6) is 0 Å². The molecule has 0 bridgehead atoms. The first-order valence-corrected chi connectivity index (χ1v) is 7.38. The van der Waals surface area contributed by atoms with Crippen molar-refractivity contribution in [1.82, 2.24) is 15.1 Å². The number of halogens is 1. The Morgan fingerprint density at radius 1 is 1.39 bits per heavy atom. The molecule has 1 aliphatic rings. The number of aromatic nitrogens is 2. The number of nitrogens with one attached hydrogen (secondary N) is 1. The summed E-state index contributed by atoms with van der Waals surface area (Å²) in [7, 11) is 1.96. The van der Waals surface area contributed by atoms with Crippen molar-refractivity contribution in [3.8, 4) is 0 Å². The molecular weight excluding hydrogens is 246 g/mol. The van der Waals surface area contributed by atoms with E-state index in [0.29, 0.717) is 6.04 Å². The zero-order valence-corrected chi connectivity index (χ0v) is 12.4. The van der Waals surface area contributed by atoms with E-state index in [1.54, 1.807) is 0 Å². The van der Waals surface area contributed by atoms with Gasteiger partial charge < -0.3 is 5.32 Å². The SMILES string of the molecule is Cc1nn(C)c(CN[C@@H](C)C2CCCCC2)c1Cl. The first-order chi connectivity index (χ1) is 8.59. The lowest BCUT2D eigenvalue weighted by atomic mass is 9.84. The molecular formula is C14H24ClN3. The molecule has 0 aliphatic heterocycles. The predicted octanol–water partition coefficient (Wildman–Crippen LogP) is 3.44. The largest absolute Gasteiger partial charge is 0.308 e. The molecule has 0 radical (unpaired) electrons. The molecule has 0 saturated heterocycles. The third-order valence-electron chi connectivity index (χ3n) is 4.21. The van der Waals surface area contributed by atoms with Gasteiger partial charge in [-0.3, -0.25) is 4.68 Å². The van der Waals surface area contributed by atoms with Gasteiger partial charge in [0.2, 0.25) is 0 Å². The lowest BCUT2D eigenvalue weighted by Crippen LogP contribution is -2.34. The Bertz CT molecular complexity index is 394. The Balaban J connectivity index is 1.90. The summed E-state index contributed by atoms with van der Waals surface area (Å²) < 4.78 is 1.89. The number of hydrogen-bond donors (Lipinski definition) is 1. The Labute approximate surface area is 115 Å². The molecule has 1 N–H and O–H groups in total. The van der Waals surface area contributed by atoms with Gasteiger partial charge >= 0.3 is 0 Å². The Hall–Kier alpha value is -0.540. The van der Waals surface area contributed by atoms with Crippen molar-refractivity contribution < 1.29 is 0 Å². The zero-order chi connectivity index (χ0) is 13.1. The van der Waals surface area contributed by atoms with Gasteiger partial charge in [0, 0.05) is 19.6 Å². The molecule has 0 spiro atoms. The summed E-state index contributed by atoms with van der Waals surface area (Å²) >= 11 is 6.26. The lowest BCUT2D eigenvalue weighted by Gasteiger charge is -2.28. The van der Waals surface area contributed by atoms with Crippen LogP contribution in [0.1, 0.15) is 50.4 Å².